The summed E-state index contributed by atoms with van der Waals surface area (Å²) in [5.41, 5.74) is 2.11. The number of rotatable bonds is 4. The quantitative estimate of drug-likeness (QED) is 0.869. The number of benzene rings is 1. The molecule has 1 amide bonds. The molecule has 0 aliphatic carbocycles. The smallest absolute Gasteiger partial charge is 0.410 e. The predicted molar refractivity (Wildman–Crippen MR) is 99.4 cm³/mol. The van der Waals surface area contributed by atoms with E-state index < -0.39 is 5.60 Å². The number of hydrogen-bond acceptors (Lipinski definition) is 3. The average molecular weight is 332 g/mol. The first kappa shape index (κ1) is 18.6. The van der Waals surface area contributed by atoms with E-state index in [1.54, 1.807) is 0 Å². The first-order valence-electron chi connectivity index (χ1n) is 9.12. The third-order valence-electron chi connectivity index (χ3n) is 4.65. The minimum absolute atomic E-state index is 0.184. The molecule has 1 fully saturated rings. The molecule has 1 N–H and O–H groups in total. The Labute approximate surface area is 146 Å². The molecule has 0 spiro atoms. The number of hydrogen-bond donors (Lipinski definition) is 1. The van der Waals surface area contributed by atoms with Crippen LogP contribution >= 0.6 is 0 Å². The van der Waals surface area contributed by atoms with Crippen molar-refractivity contribution in [2.75, 3.05) is 18.4 Å². The fourth-order valence-electron chi connectivity index (χ4n) is 3.13. The van der Waals surface area contributed by atoms with Crippen LogP contribution < -0.4 is 5.32 Å². The molecule has 1 aliphatic rings. The number of carbonyl (C=O) groups excluding carboxylic acids is 1. The van der Waals surface area contributed by atoms with Crippen LogP contribution in [0.1, 0.15) is 53.0 Å². The van der Waals surface area contributed by atoms with E-state index in [2.05, 4.69) is 43.4 Å². The van der Waals surface area contributed by atoms with Crippen molar-refractivity contribution in [2.45, 2.75) is 65.5 Å². The summed E-state index contributed by atoms with van der Waals surface area (Å²) in [7, 11) is 0. The first-order chi connectivity index (χ1) is 11.3. The summed E-state index contributed by atoms with van der Waals surface area (Å²) >= 11 is 0. The molecule has 1 heterocycles. The second-order valence-electron chi connectivity index (χ2n) is 7.79. The van der Waals surface area contributed by atoms with Gasteiger partial charge in [0.15, 0.2) is 0 Å². The Hall–Kier alpha value is -1.71. The van der Waals surface area contributed by atoms with Gasteiger partial charge >= 0.3 is 6.09 Å². The molecule has 0 aromatic heterocycles. The summed E-state index contributed by atoms with van der Waals surface area (Å²) in [6.07, 6.45) is 2.91. The van der Waals surface area contributed by atoms with Crippen molar-refractivity contribution in [3.8, 4) is 0 Å². The predicted octanol–water partition coefficient (Wildman–Crippen LogP) is 4.70. The molecule has 1 aliphatic heterocycles. The van der Waals surface area contributed by atoms with Crippen molar-refractivity contribution < 1.29 is 9.53 Å². The second kappa shape index (κ2) is 7.91. The van der Waals surface area contributed by atoms with Gasteiger partial charge in [0, 0.05) is 24.8 Å². The maximum Gasteiger partial charge on any atom is 0.410 e. The number of anilines is 1. The van der Waals surface area contributed by atoms with Crippen molar-refractivity contribution in [3.63, 3.8) is 0 Å². The molecule has 4 heteroatoms. The molecule has 0 bridgehead atoms. The van der Waals surface area contributed by atoms with Crippen LogP contribution in [-0.4, -0.2) is 35.7 Å². The van der Waals surface area contributed by atoms with Gasteiger partial charge in [-0.2, -0.15) is 0 Å². The minimum atomic E-state index is -0.423. The third-order valence-corrected chi connectivity index (χ3v) is 4.65. The number of nitrogens with zero attached hydrogens (tertiary/aromatic N) is 1. The molecular formula is C20H32N2O2. The zero-order valence-corrected chi connectivity index (χ0v) is 15.8. The van der Waals surface area contributed by atoms with E-state index in [1.165, 1.54) is 11.3 Å². The monoisotopic (exact) mass is 332 g/mol. The summed E-state index contributed by atoms with van der Waals surface area (Å²) in [5.74, 6) is 0.578. The van der Waals surface area contributed by atoms with Crippen LogP contribution in [0.3, 0.4) is 0 Å². The molecule has 24 heavy (non-hydrogen) atoms. The van der Waals surface area contributed by atoms with E-state index in [0.717, 1.165) is 32.4 Å². The summed E-state index contributed by atoms with van der Waals surface area (Å²) in [4.78, 5) is 14.0. The normalized spacial score (nSPS) is 17.5. The van der Waals surface area contributed by atoms with Gasteiger partial charge in [-0.25, -0.2) is 4.79 Å². The van der Waals surface area contributed by atoms with Crippen molar-refractivity contribution in [1.29, 1.82) is 0 Å². The zero-order chi connectivity index (χ0) is 17.7. The molecule has 1 aromatic rings. The van der Waals surface area contributed by atoms with Gasteiger partial charge in [0.25, 0.3) is 0 Å². The molecule has 1 saturated heterocycles. The Kier molecular flexibility index (Phi) is 6.14. The number of amides is 1. The van der Waals surface area contributed by atoms with E-state index in [4.69, 9.17) is 4.74 Å². The van der Waals surface area contributed by atoms with Crippen LogP contribution in [-0.2, 0) is 11.2 Å². The summed E-state index contributed by atoms with van der Waals surface area (Å²) < 4.78 is 5.46. The highest BCUT2D eigenvalue weighted by Gasteiger charge is 2.29. The number of carbonyl (C=O) groups is 1. The van der Waals surface area contributed by atoms with Gasteiger partial charge in [-0.3, -0.25) is 0 Å². The summed E-state index contributed by atoms with van der Waals surface area (Å²) in [6.45, 7) is 11.7. The van der Waals surface area contributed by atoms with E-state index in [-0.39, 0.29) is 6.09 Å². The molecule has 0 saturated carbocycles. The van der Waals surface area contributed by atoms with Crippen molar-refractivity contribution in [2.24, 2.45) is 5.92 Å². The van der Waals surface area contributed by atoms with Crippen LogP contribution in [0.2, 0.25) is 0 Å². The van der Waals surface area contributed by atoms with Gasteiger partial charge in [0.05, 0.1) is 0 Å². The van der Waals surface area contributed by atoms with Crippen LogP contribution in [0.5, 0.6) is 0 Å². The Bertz CT molecular complexity index is 526. The van der Waals surface area contributed by atoms with Crippen molar-refractivity contribution in [3.05, 3.63) is 29.8 Å². The van der Waals surface area contributed by atoms with E-state index in [9.17, 15) is 4.79 Å². The lowest BCUT2D eigenvalue weighted by Crippen LogP contribution is -2.44. The Balaban J connectivity index is 1.81. The highest BCUT2D eigenvalue weighted by Crippen LogP contribution is 2.24. The van der Waals surface area contributed by atoms with Gasteiger partial charge in [-0.1, -0.05) is 19.1 Å². The molecule has 1 unspecified atom stereocenters. The fraction of sp³-hybridized carbons (Fsp3) is 0.650. The maximum atomic E-state index is 12.1. The second-order valence-corrected chi connectivity index (χ2v) is 7.79. The largest absolute Gasteiger partial charge is 0.444 e. The van der Waals surface area contributed by atoms with Crippen molar-refractivity contribution >= 4 is 11.8 Å². The maximum absolute atomic E-state index is 12.1. The third kappa shape index (κ3) is 5.43. The summed E-state index contributed by atoms with van der Waals surface area (Å²) in [5, 5.41) is 3.61. The lowest BCUT2D eigenvalue weighted by molar-refractivity contribution is 0.0179. The molecule has 4 nitrogen and oxygen atoms in total. The Morgan fingerprint density at radius 2 is 1.83 bits per heavy atom. The van der Waals surface area contributed by atoms with E-state index in [1.807, 2.05) is 25.7 Å². The van der Waals surface area contributed by atoms with E-state index in [0.29, 0.717) is 12.0 Å². The highest BCUT2D eigenvalue weighted by atomic mass is 16.6. The standard InChI is InChI=1S/C20H32N2O2/c1-6-16-7-9-18(10-8-16)21-15(2)17-11-13-22(14-12-17)19(23)24-20(3,4)5/h7-10,15,17,21H,6,11-14H2,1-5H3. The molecule has 2 rings (SSSR count). The van der Waals surface area contributed by atoms with Crippen LogP contribution in [0, 0.1) is 5.92 Å². The van der Waals surface area contributed by atoms with Gasteiger partial charge in [0.1, 0.15) is 5.60 Å². The SMILES string of the molecule is CCc1ccc(NC(C)C2CCN(C(=O)OC(C)(C)C)CC2)cc1. The Morgan fingerprint density at radius 1 is 1.25 bits per heavy atom. The van der Waals surface area contributed by atoms with Crippen LogP contribution in [0.15, 0.2) is 24.3 Å². The zero-order valence-electron chi connectivity index (χ0n) is 15.8. The van der Waals surface area contributed by atoms with E-state index >= 15 is 0 Å². The minimum Gasteiger partial charge on any atom is -0.444 e. The summed E-state index contributed by atoms with van der Waals surface area (Å²) in [6, 6.07) is 9.08. The number of nitrogens with one attached hydrogen (secondary N) is 1. The Morgan fingerprint density at radius 3 is 2.33 bits per heavy atom. The van der Waals surface area contributed by atoms with Gasteiger partial charge in [0.2, 0.25) is 0 Å². The average Bonchev–Trinajstić information content (AvgIpc) is 2.54. The highest BCUT2D eigenvalue weighted by molar-refractivity contribution is 5.68. The van der Waals surface area contributed by atoms with Crippen molar-refractivity contribution in [1.82, 2.24) is 4.90 Å². The topological polar surface area (TPSA) is 41.6 Å². The van der Waals surface area contributed by atoms with Gasteiger partial charge in [-0.05, 0) is 70.6 Å². The molecule has 134 valence electrons. The number of aryl methyl sites for hydroxylation is 1. The number of likely N-dealkylation sites (tertiary alicyclic amines) is 1. The molecular weight excluding hydrogens is 300 g/mol. The molecule has 0 radical (unpaired) electrons. The first-order valence-corrected chi connectivity index (χ1v) is 9.12. The lowest BCUT2D eigenvalue weighted by Gasteiger charge is -2.36. The van der Waals surface area contributed by atoms with Gasteiger partial charge in [-0.15, -0.1) is 0 Å². The van der Waals surface area contributed by atoms with Gasteiger partial charge < -0.3 is 15.0 Å². The number of ether oxygens (including phenoxy) is 1. The van der Waals surface area contributed by atoms with Crippen LogP contribution in [0.4, 0.5) is 10.5 Å². The van der Waals surface area contributed by atoms with Crippen LogP contribution in [0.25, 0.3) is 0 Å². The fourth-order valence-corrected chi connectivity index (χ4v) is 3.13. The molecule has 1 atom stereocenters. The molecule has 1 aromatic carbocycles. The number of piperidine rings is 1. The lowest BCUT2D eigenvalue weighted by atomic mass is 9.90.